The molecule has 4 heteroatoms. The minimum Gasteiger partial charge on any atom is -0.317 e. The molecule has 2 rings (SSSR count). The van der Waals surface area contributed by atoms with Crippen molar-refractivity contribution in [3.05, 3.63) is 0 Å². The molecule has 4 nitrogen and oxygen atoms in total. The SMILES string of the molecule is N#CC1(N2CCCNCC2)CCNCC1. The zero-order chi connectivity index (χ0) is 10.6. The average Bonchev–Trinajstić information content (AvgIpc) is 2.59. The fraction of sp³-hybridized carbons (Fsp3) is 0.909. The summed E-state index contributed by atoms with van der Waals surface area (Å²) in [5.74, 6) is 0. The second-order valence-corrected chi connectivity index (χ2v) is 4.48. The van der Waals surface area contributed by atoms with Gasteiger partial charge in [-0.25, -0.2) is 0 Å². The molecule has 0 aromatic rings. The van der Waals surface area contributed by atoms with Gasteiger partial charge in [0.05, 0.1) is 6.07 Å². The van der Waals surface area contributed by atoms with Gasteiger partial charge in [0, 0.05) is 19.6 Å². The highest BCUT2D eigenvalue weighted by Crippen LogP contribution is 2.25. The number of nitrogens with one attached hydrogen (secondary N) is 2. The highest BCUT2D eigenvalue weighted by molar-refractivity contribution is 5.10. The van der Waals surface area contributed by atoms with Crippen LogP contribution in [0.15, 0.2) is 0 Å². The van der Waals surface area contributed by atoms with Crippen LogP contribution in [0.5, 0.6) is 0 Å². The third-order valence-electron chi connectivity index (χ3n) is 3.58. The number of hydrogen-bond acceptors (Lipinski definition) is 4. The van der Waals surface area contributed by atoms with Crippen LogP contribution in [0.25, 0.3) is 0 Å². The van der Waals surface area contributed by atoms with Crippen LogP contribution in [0, 0.1) is 11.3 Å². The van der Waals surface area contributed by atoms with E-state index in [9.17, 15) is 5.26 Å². The van der Waals surface area contributed by atoms with Gasteiger partial charge in [-0.15, -0.1) is 0 Å². The van der Waals surface area contributed by atoms with Gasteiger partial charge in [-0.1, -0.05) is 0 Å². The Morgan fingerprint density at radius 3 is 2.47 bits per heavy atom. The third-order valence-corrected chi connectivity index (χ3v) is 3.58. The van der Waals surface area contributed by atoms with Gasteiger partial charge in [0.15, 0.2) is 0 Å². The summed E-state index contributed by atoms with van der Waals surface area (Å²) in [6, 6.07) is 2.57. The molecular weight excluding hydrogens is 188 g/mol. The fourth-order valence-corrected chi connectivity index (χ4v) is 2.61. The van der Waals surface area contributed by atoms with Gasteiger partial charge < -0.3 is 10.6 Å². The van der Waals surface area contributed by atoms with Gasteiger partial charge in [-0.05, 0) is 38.9 Å². The highest BCUT2D eigenvalue weighted by Gasteiger charge is 2.37. The van der Waals surface area contributed by atoms with Crippen molar-refractivity contribution in [2.75, 3.05) is 39.3 Å². The summed E-state index contributed by atoms with van der Waals surface area (Å²) in [5, 5.41) is 16.2. The average molecular weight is 208 g/mol. The van der Waals surface area contributed by atoms with Crippen molar-refractivity contribution in [1.82, 2.24) is 15.5 Å². The first-order valence-corrected chi connectivity index (χ1v) is 5.95. The van der Waals surface area contributed by atoms with Crippen molar-refractivity contribution in [3.63, 3.8) is 0 Å². The van der Waals surface area contributed by atoms with Gasteiger partial charge in [-0.2, -0.15) is 5.26 Å². The molecule has 84 valence electrons. The molecule has 0 radical (unpaired) electrons. The van der Waals surface area contributed by atoms with Crippen LogP contribution in [0.1, 0.15) is 19.3 Å². The van der Waals surface area contributed by atoms with Crippen LogP contribution in [0.4, 0.5) is 0 Å². The Morgan fingerprint density at radius 2 is 1.73 bits per heavy atom. The zero-order valence-electron chi connectivity index (χ0n) is 9.26. The Kier molecular flexibility index (Phi) is 3.57. The van der Waals surface area contributed by atoms with E-state index in [-0.39, 0.29) is 5.54 Å². The van der Waals surface area contributed by atoms with Crippen molar-refractivity contribution in [2.45, 2.75) is 24.8 Å². The van der Waals surface area contributed by atoms with Crippen LogP contribution in [-0.4, -0.2) is 49.7 Å². The summed E-state index contributed by atoms with van der Waals surface area (Å²) in [7, 11) is 0. The van der Waals surface area contributed by atoms with E-state index in [0.717, 1.165) is 58.5 Å². The Balaban J connectivity index is 2.06. The molecule has 0 aromatic heterocycles. The fourth-order valence-electron chi connectivity index (χ4n) is 2.61. The number of nitrogens with zero attached hydrogens (tertiary/aromatic N) is 2. The minimum atomic E-state index is -0.183. The normalized spacial score (nSPS) is 27.9. The molecule has 2 saturated heterocycles. The third kappa shape index (κ3) is 2.31. The molecule has 0 unspecified atom stereocenters. The topological polar surface area (TPSA) is 51.1 Å². The quantitative estimate of drug-likeness (QED) is 0.633. The van der Waals surface area contributed by atoms with Gasteiger partial charge in [0.1, 0.15) is 5.54 Å². The van der Waals surface area contributed by atoms with Crippen LogP contribution >= 0.6 is 0 Å². The Bertz CT molecular complexity index is 231. The maximum atomic E-state index is 9.45. The maximum absolute atomic E-state index is 9.45. The summed E-state index contributed by atoms with van der Waals surface area (Å²) in [4.78, 5) is 2.40. The summed E-state index contributed by atoms with van der Waals surface area (Å²) in [6.07, 6.45) is 3.11. The van der Waals surface area contributed by atoms with Crippen molar-refractivity contribution >= 4 is 0 Å². The molecule has 0 saturated carbocycles. The molecule has 0 amide bonds. The monoisotopic (exact) mass is 208 g/mol. The lowest BCUT2D eigenvalue weighted by Crippen LogP contribution is -2.54. The predicted molar refractivity (Wildman–Crippen MR) is 59.5 cm³/mol. The number of rotatable bonds is 1. The van der Waals surface area contributed by atoms with Crippen molar-refractivity contribution in [3.8, 4) is 6.07 Å². The van der Waals surface area contributed by atoms with Gasteiger partial charge >= 0.3 is 0 Å². The number of piperidine rings is 1. The molecule has 2 heterocycles. The predicted octanol–water partition coefficient (Wildman–Crippen LogP) is -0.0725. The largest absolute Gasteiger partial charge is 0.317 e. The lowest BCUT2D eigenvalue weighted by Gasteiger charge is -2.41. The Labute approximate surface area is 91.6 Å². The van der Waals surface area contributed by atoms with E-state index in [1.54, 1.807) is 0 Å². The van der Waals surface area contributed by atoms with Crippen LogP contribution in [0.3, 0.4) is 0 Å². The van der Waals surface area contributed by atoms with Crippen molar-refractivity contribution in [1.29, 1.82) is 5.26 Å². The van der Waals surface area contributed by atoms with E-state index < -0.39 is 0 Å². The highest BCUT2D eigenvalue weighted by atomic mass is 15.2. The van der Waals surface area contributed by atoms with E-state index >= 15 is 0 Å². The van der Waals surface area contributed by atoms with Crippen molar-refractivity contribution < 1.29 is 0 Å². The second kappa shape index (κ2) is 4.93. The molecule has 15 heavy (non-hydrogen) atoms. The minimum absolute atomic E-state index is 0.183. The molecule has 0 bridgehead atoms. The smallest absolute Gasteiger partial charge is 0.111 e. The van der Waals surface area contributed by atoms with Gasteiger partial charge in [0.2, 0.25) is 0 Å². The standard InChI is InChI=1S/C11H20N4/c12-10-11(2-5-14-6-3-11)15-8-1-4-13-7-9-15/h13-14H,1-9H2. The molecule has 2 fully saturated rings. The van der Waals surface area contributed by atoms with Gasteiger partial charge in [-0.3, -0.25) is 4.90 Å². The number of nitriles is 1. The molecule has 0 aromatic carbocycles. The summed E-state index contributed by atoms with van der Waals surface area (Å²) in [6.45, 7) is 6.18. The van der Waals surface area contributed by atoms with E-state index in [0.29, 0.717) is 0 Å². The van der Waals surface area contributed by atoms with Gasteiger partial charge in [0.25, 0.3) is 0 Å². The summed E-state index contributed by atoms with van der Waals surface area (Å²) in [5.41, 5.74) is -0.183. The summed E-state index contributed by atoms with van der Waals surface area (Å²) >= 11 is 0. The first-order chi connectivity index (χ1) is 7.37. The second-order valence-electron chi connectivity index (χ2n) is 4.48. The zero-order valence-corrected chi connectivity index (χ0v) is 9.26. The van der Waals surface area contributed by atoms with E-state index in [1.165, 1.54) is 0 Å². The lowest BCUT2D eigenvalue weighted by atomic mass is 9.87. The van der Waals surface area contributed by atoms with Crippen molar-refractivity contribution in [2.24, 2.45) is 0 Å². The lowest BCUT2D eigenvalue weighted by molar-refractivity contribution is 0.112. The molecule has 2 N–H and O–H groups in total. The van der Waals surface area contributed by atoms with Crippen LogP contribution in [0.2, 0.25) is 0 Å². The molecule has 0 aliphatic carbocycles. The summed E-state index contributed by atoms with van der Waals surface area (Å²) < 4.78 is 0. The molecule has 0 spiro atoms. The molecule has 2 aliphatic heterocycles. The maximum Gasteiger partial charge on any atom is 0.111 e. The van der Waals surface area contributed by atoms with E-state index in [1.807, 2.05) is 0 Å². The van der Waals surface area contributed by atoms with E-state index in [2.05, 4.69) is 21.6 Å². The molecular formula is C11H20N4. The first kappa shape index (κ1) is 10.9. The Hall–Kier alpha value is -0.630. The van der Waals surface area contributed by atoms with Crippen LogP contribution < -0.4 is 10.6 Å². The van der Waals surface area contributed by atoms with Crippen LogP contribution in [-0.2, 0) is 0 Å². The molecule has 2 aliphatic rings. The molecule has 0 atom stereocenters. The van der Waals surface area contributed by atoms with E-state index in [4.69, 9.17) is 0 Å². The number of hydrogen-bond donors (Lipinski definition) is 2. The first-order valence-electron chi connectivity index (χ1n) is 5.95. The Morgan fingerprint density at radius 1 is 1.00 bits per heavy atom.